The minimum absolute atomic E-state index is 0.377. The molecule has 1 atom stereocenters. The summed E-state index contributed by atoms with van der Waals surface area (Å²) in [6, 6.07) is 9.99. The number of benzene rings is 1. The fourth-order valence-corrected chi connectivity index (χ4v) is 3.30. The molecule has 5 nitrogen and oxygen atoms in total. The van der Waals surface area contributed by atoms with Crippen LogP contribution >= 0.6 is 0 Å². The summed E-state index contributed by atoms with van der Waals surface area (Å²) >= 11 is 0. The van der Waals surface area contributed by atoms with Crippen LogP contribution in [-0.4, -0.2) is 23.5 Å². The standard InChI is InChI=1S/C21H27N3O2/c1-14(2)10-11-23-17-8-6-15-4-3-5-19(18(15)12-17)26-20-9-7-16(13-24-20)21(22)25/h3-5,7,9,13-14,17,23H,6,8,10-12H2,1-2H3,(H2,22,25). The zero-order valence-corrected chi connectivity index (χ0v) is 15.5. The van der Waals surface area contributed by atoms with Crippen LogP contribution in [0.5, 0.6) is 11.6 Å². The molecule has 138 valence electrons. The minimum atomic E-state index is -0.489. The van der Waals surface area contributed by atoms with E-state index in [0.29, 0.717) is 23.4 Å². The molecule has 1 aromatic carbocycles. The molecule has 0 bridgehead atoms. The number of nitrogens with two attached hydrogens (primary N) is 1. The first kappa shape index (κ1) is 18.4. The number of pyridine rings is 1. The van der Waals surface area contributed by atoms with Crippen molar-refractivity contribution in [3.63, 3.8) is 0 Å². The average Bonchev–Trinajstić information content (AvgIpc) is 2.62. The highest BCUT2D eigenvalue weighted by Crippen LogP contribution is 2.32. The zero-order chi connectivity index (χ0) is 18.5. The summed E-state index contributed by atoms with van der Waals surface area (Å²) in [5.41, 5.74) is 8.23. The Morgan fingerprint density at radius 1 is 1.35 bits per heavy atom. The third kappa shape index (κ3) is 4.61. The van der Waals surface area contributed by atoms with E-state index >= 15 is 0 Å². The number of nitrogens with one attached hydrogen (secondary N) is 1. The Morgan fingerprint density at radius 2 is 2.19 bits per heavy atom. The summed E-state index contributed by atoms with van der Waals surface area (Å²) in [7, 11) is 0. The average molecular weight is 353 g/mol. The van der Waals surface area contributed by atoms with Gasteiger partial charge in [0.2, 0.25) is 11.8 Å². The first-order chi connectivity index (χ1) is 12.5. The number of amides is 1. The number of ether oxygens (including phenoxy) is 1. The van der Waals surface area contributed by atoms with E-state index in [0.717, 1.165) is 31.6 Å². The van der Waals surface area contributed by atoms with Crippen LogP contribution < -0.4 is 15.8 Å². The smallest absolute Gasteiger partial charge is 0.250 e. The molecule has 2 aromatic rings. The Labute approximate surface area is 155 Å². The number of hydrogen-bond acceptors (Lipinski definition) is 4. The van der Waals surface area contributed by atoms with Crippen molar-refractivity contribution in [3.05, 3.63) is 53.2 Å². The van der Waals surface area contributed by atoms with Crippen molar-refractivity contribution in [2.24, 2.45) is 11.7 Å². The Bertz CT molecular complexity index is 756. The molecular formula is C21H27N3O2. The van der Waals surface area contributed by atoms with Crippen LogP contribution in [0.1, 0.15) is 48.2 Å². The van der Waals surface area contributed by atoms with Gasteiger partial charge in [-0.2, -0.15) is 0 Å². The van der Waals surface area contributed by atoms with Crippen LogP contribution in [0.2, 0.25) is 0 Å². The summed E-state index contributed by atoms with van der Waals surface area (Å²) in [4.78, 5) is 15.4. The zero-order valence-electron chi connectivity index (χ0n) is 15.5. The Morgan fingerprint density at radius 3 is 2.88 bits per heavy atom. The van der Waals surface area contributed by atoms with Gasteiger partial charge in [-0.05, 0) is 61.4 Å². The van der Waals surface area contributed by atoms with Gasteiger partial charge in [-0.15, -0.1) is 0 Å². The lowest BCUT2D eigenvalue weighted by atomic mass is 9.87. The number of hydrogen-bond donors (Lipinski definition) is 2. The first-order valence-electron chi connectivity index (χ1n) is 9.31. The number of primary amides is 1. The van der Waals surface area contributed by atoms with Crippen molar-refractivity contribution in [2.45, 2.75) is 45.6 Å². The Kier molecular flexibility index (Phi) is 5.89. The third-order valence-corrected chi connectivity index (χ3v) is 4.83. The SMILES string of the molecule is CC(C)CCNC1CCc2cccc(Oc3ccc(C(N)=O)cn3)c2C1. The molecular weight excluding hydrogens is 326 g/mol. The van der Waals surface area contributed by atoms with Crippen LogP contribution in [0.3, 0.4) is 0 Å². The van der Waals surface area contributed by atoms with Gasteiger partial charge in [-0.3, -0.25) is 4.79 Å². The summed E-state index contributed by atoms with van der Waals surface area (Å²) in [5, 5.41) is 3.68. The maximum atomic E-state index is 11.2. The predicted molar refractivity (Wildman–Crippen MR) is 103 cm³/mol. The van der Waals surface area contributed by atoms with Crippen molar-refractivity contribution < 1.29 is 9.53 Å². The molecule has 0 aliphatic heterocycles. The lowest BCUT2D eigenvalue weighted by Crippen LogP contribution is -2.35. The highest BCUT2D eigenvalue weighted by molar-refractivity contribution is 5.92. The molecule has 0 radical (unpaired) electrons. The summed E-state index contributed by atoms with van der Waals surface area (Å²) in [6.45, 7) is 5.55. The van der Waals surface area contributed by atoms with Gasteiger partial charge in [0.25, 0.3) is 0 Å². The van der Waals surface area contributed by atoms with Crippen molar-refractivity contribution in [1.82, 2.24) is 10.3 Å². The summed E-state index contributed by atoms with van der Waals surface area (Å²) in [6.07, 6.45) is 5.81. The van der Waals surface area contributed by atoms with Crippen molar-refractivity contribution >= 4 is 5.91 Å². The molecule has 5 heteroatoms. The van der Waals surface area contributed by atoms with Crippen molar-refractivity contribution in [2.75, 3.05) is 6.54 Å². The highest BCUT2D eigenvalue weighted by Gasteiger charge is 2.21. The lowest BCUT2D eigenvalue weighted by molar-refractivity contribution is 0.1000. The lowest BCUT2D eigenvalue weighted by Gasteiger charge is -2.27. The molecule has 3 N–H and O–H groups in total. The maximum Gasteiger partial charge on any atom is 0.250 e. The number of rotatable bonds is 7. The van der Waals surface area contributed by atoms with E-state index in [1.165, 1.54) is 23.7 Å². The number of carbonyl (C=O) groups excluding carboxylic acids is 1. The van der Waals surface area contributed by atoms with E-state index in [4.69, 9.17) is 10.5 Å². The number of aromatic nitrogens is 1. The summed E-state index contributed by atoms with van der Waals surface area (Å²) in [5.74, 6) is 1.54. The van der Waals surface area contributed by atoms with Gasteiger partial charge >= 0.3 is 0 Å². The van der Waals surface area contributed by atoms with Crippen LogP contribution in [0.15, 0.2) is 36.5 Å². The molecule has 1 amide bonds. The van der Waals surface area contributed by atoms with Gasteiger partial charge in [0.15, 0.2) is 0 Å². The van der Waals surface area contributed by atoms with E-state index in [1.54, 1.807) is 12.1 Å². The number of aryl methyl sites for hydroxylation is 1. The van der Waals surface area contributed by atoms with Gasteiger partial charge in [-0.1, -0.05) is 26.0 Å². The molecule has 0 saturated heterocycles. The van der Waals surface area contributed by atoms with Crippen LogP contribution in [-0.2, 0) is 12.8 Å². The van der Waals surface area contributed by atoms with E-state index in [-0.39, 0.29) is 0 Å². The predicted octanol–water partition coefficient (Wildman–Crippen LogP) is 3.47. The summed E-state index contributed by atoms with van der Waals surface area (Å²) < 4.78 is 6.01. The molecule has 0 saturated carbocycles. The number of carbonyl (C=O) groups is 1. The second-order valence-corrected chi connectivity index (χ2v) is 7.32. The Balaban J connectivity index is 1.71. The van der Waals surface area contributed by atoms with Gasteiger partial charge in [0.05, 0.1) is 5.56 Å². The van der Waals surface area contributed by atoms with Crippen LogP contribution in [0.4, 0.5) is 0 Å². The second kappa shape index (κ2) is 8.32. The van der Waals surface area contributed by atoms with Crippen LogP contribution in [0.25, 0.3) is 0 Å². The van der Waals surface area contributed by atoms with Crippen molar-refractivity contribution in [1.29, 1.82) is 0 Å². The molecule has 1 aromatic heterocycles. The number of nitrogens with zero attached hydrogens (tertiary/aromatic N) is 1. The highest BCUT2D eigenvalue weighted by atomic mass is 16.5. The number of fused-ring (bicyclic) bond motifs is 1. The van der Waals surface area contributed by atoms with E-state index in [1.807, 2.05) is 12.1 Å². The van der Waals surface area contributed by atoms with Gasteiger partial charge in [0, 0.05) is 18.3 Å². The van der Waals surface area contributed by atoms with E-state index in [9.17, 15) is 4.79 Å². The van der Waals surface area contributed by atoms with E-state index < -0.39 is 5.91 Å². The largest absolute Gasteiger partial charge is 0.439 e. The first-order valence-corrected chi connectivity index (χ1v) is 9.31. The molecule has 1 unspecified atom stereocenters. The minimum Gasteiger partial charge on any atom is -0.439 e. The fourth-order valence-electron chi connectivity index (χ4n) is 3.30. The van der Waals surface area contributed by atoms with Gasteiger partial charge in [0.1, 0.15) is 5.75 Å². The van der Waals surface area contributed by atoms with Crippen molar-refractivity contribution in [3.8, 4) is 11.6 Å². The molecule has 0 spiro atoms. The topological polar surface area (TPSA) is 77.2 Å². The van der Waals surface area contributed by atoms with Gasteiger partial charge < -0.3 is 15.8 Å². The Hall–Kier alpha value is -2.40. The maximum absolute atomic E-state index is 11.2. The second-order valence-electron chi connectivity index (χ2n) is 7.32. The monoisotopic (exact) mass is 353 g/mol. The van der Waals surface area contributed by atoms with Gasteiger partial charge in [-0.25, -0.2) is 4.98 Å². The fraction of sp³-hybridized carbons (Fsp3) is 0.429. The molecule has 1 aliphatic rings. The third-order valence-electron chi connectivity index (χ3n) is 4.83. The molecule has 3 rings (SSSR count). The van der Waals surface area contributed by atoms with E-state index in [2.05, 4.69) is 30.2 Å². The quantitative estimate of drug-likeness (QED) is 0.799. The van der Waals surface area contributed by atoms with Crippen LogP contribution in [0, 0.1) is 5.92 Å². The molecule has 1 aliphatic carbocycles. The molecule has 0 fully saturated rings. The molecule has 26 heavy (non-hydrogen) atoms. The molecule has 1 heterocycles. The normalized spacial score (nSPS) is 16.3.